The van der Waals surface area contributed by atoms with Crippen LogP contribution in [0.5, 0.6) is 5.75 Å². The van der Waals surface area contributed by atoms with Crippen molar-refractivity contribution in [2.75, 3.05) is 20.1 Å². The minimum absolute atomic E-state index is 0.477. The third-order valence-corrected chi connectivity index (χ3v) is 4.95. The predicted octanol–water partition coefficient (Wildman–Crippen LogP) is 2.37. The number of fused-ring (bicyclic) bond motifs is 2. The standard InChI is InChI=1S/C16H24N2O/c1-12-4-3-5-13(16(12)19)10-18-9-8-14-6-7-15(11-18)17(14)2/h3-5,14-15,19H,6-11H2,1-2H3. The number of phenolic OH excluding ortho intramolecular Hbond substituents is 1. The Labute approximate surface area is 115 Å². The van der Waals surface area contributed by atoms with Crippen LogP contribution in [0.15, 0.2) is 18.2 Å². The van der Waals surface area contributed by atoms with Gasteiger partial charge in [-0.1, -0.05) is 18.2 Å². The number of hydrogen-bond donors (Lipinski definition) is 1. The molecule has 2 saturated heterocycles. The summed E-state index contributed by atoms with van der Waals surface area (Å²) in [5.41, 5.74) is 2.05. The number of aryl methyl sites for hydroxylation is 1. The van der Waals surface area contributed by atoms with Gasteiger partial charge in [0.1, 0.15) is 5.75 Å². The summed E-state index contributed by atoms with van der Waals surface area (Å²) in [6, 6.07) is 7.55. The Bertz CT molecular complexity index is 460. The van der Waals surface area contributed by atoms with Crippen LogP contribution in [0, 0.1) is 6.92 Å². The van der Waals surface area contributed by atoms with E-state index in [1.165, 1.54) is 19.3 Å². The molecule has 2 unspecified atom stereocenters. The van der Waals surface area contributed by atoms with E-state index in [0.29, 0.717) is 11.8 Å². The fourth-order valence-corrected chi connectivity index (χ4v) is 3.61. The van der Waals surface area contributed by atoms with Gasteiger partial charge in [-0.15, -0.1) is 0 Å². The van der Waals surface area contributed by atoms with E-state index >= 15 is 0 Å². The molecule has 1 aromatic carbocycles. The lowest BCUT2D eigenvalue weighted by Gasteiger charge is -2.26. The highest BCUT2D eigenvalue weighted by Crippen LogP contribution is 2.30. The van der Waals surface area contributed by atoms with Crippen LogP contribution in [0.1, 0.15) is 30.4 Å². The number of phenols is 1. The first kappa shape index (κ1) is 12.9. The monoisotopic (exact) mass is 260 g/mol. The molecular weight excluding hydrogens is 236 g/mol. The zero-order valence-electron chi connectivity index (χ0n) is 12.0. The molecular formula is C16H24N2O. The van der Waals surface area contributed by atoms with E-state index in [4.69, 9.17) is 0 Å². The van der Waals surface area contributed by atoms with E-state index in [-0.39, 0.29) is 0 Å². The lowest BCUT2D eigenvalue weighted by atomic mass is 10.1. The fourth-order valence-electron chi connectivity index (χ4n) is 3.61. The Hall–Kier alpha value is -1.06. The number of rotatable bonds is 2. The molecule has 2 fully saturated rings. The highest BCUT2D eigenvalue weighted by Gasteiger charge is 2.34. The van der Waals surface area contributed by atoms with Crippen molar-refractivity contribution in [2.24, 2.45) is 0 Å². The summed E-state index contributed by atoms with van der Waals surface area (Å²) in [6.07, 6.45) is 3.96. The molecule has 0 saturated carbocycles. The molecule has 0 spiro atoms. The van der Waals surface area contributed by atoms with Crippen LogP contribution in [0.4, 0.5) is 0 Å². The van der Waals surface area contributed by atoms with Gasteiger partial charge in [-0.05, 0) is 38.8 Å². The van der Waals surface area contributed by atoms with E-state index < -0.39 is 0 Å². The highest BCUT2D eigenvalue weighted by atomic mass is 16.3. The van der Waals surface area contributed by atoms with E-state index in [1.807, 2.05) is 19.1 Å². The van der Waals surface area contributed by atoms with Crippen molar-refractivity contribution in [3.63, 3.8) is 0 Å². The second-order valence-corrected chi connectivity index (χ2v) is 6.16. The minimum Gasteiger partial charge on any atom is -0.507 e. The van der Waals surface area contributed by atoms with Crippen LogP contribution < -0.4 is 0 Å². The van der Waals surface area contributed by atoms with Gasteiger partial charge < -0.3 is 5.11 Å². The first-order valence-electron chi connectivity index (χ1n) is 7.37. The fraction of sp³-hybridized carbons (Fsp3) is 0.625. The molecule has 2 bridgehead atoms. The molecule has 2 atom stereocenters. The quantitative estimate of drug-likeness (QED) is 0.884. The summed E-state index contributed by atoms with van der Waals surface area (Å²) in [6.45, 7) is 5.14. The maximum absolute atomic E-state index is 10.1. The molecule has 0 amide bonds. The van der Waals surface area contributed by atoms with E-state index in [2.05, 4.69) is 22.9 Å². The van der Waals surface area contributed by atoms with Crippen LogP contribution in [0.25, 0.3) is 0 Å². The molecule has 1 N–H and O–H groups in total. The summed E-state index contributed by atoms with van der Waals surface area (Å²) >= 11 is 0. The summed E-state index contributed by atoms with van der Waals surface area (Å²) in [5, 5.41) is 10.1. The van der Waals surface area contributed by atoms with Gasteiger partial charge in [-0.25, -0.2) is 0 Å². The van der Waals surface area contributed by atoms with Gasteiger partial charge in [-0.2, -0.15) is 0 Å². The SMILES string of the molecule is Cc1cccc(CN2CCC3CCC(C2)N3C)c1O. The lowest BCUT2D eigenvalue weighted by Crippen LogP contribution is -2.36. The number of benzene rings is 1. The summed E-state index contributed by atoms with van der Waals surface area (Å²) in [5.74, 6) is 0.477. The molecule has 0 aromatic heterocycles. The van der Waals surface area contributed by atoms with Crippen molar-refractivity contribution in [3.8, 4) is 5.75 Å². The van der Waals surface area contributed by atoms with E-state index in [9.17, 15) is 5.11 Å². The topological polar surface area (TPSA) is 26.7 Å². The number of para-hydroxylation sites is 1. The average Bonchev–Trinajstić information content (AvgIpc) is 2.63. The normalized spacial score (nSPS) is 28.5. The molecule has 3 heteroatoms. The highest BCUT2D eigenvalue weighted by molar-refractivity contribution is 5.39. The number of nitrogens with zero attached hydrogens (tertiary/aromatic N) is 2. The molecule has 3 nitrogen and oxygen atoms in total. The number of likely N-dealkylation sites (tertiary alicyclic amines) is 1. The van der Waals surface area contributed by atoms with E-state index in [0.717, 1.165) is 36.8 Å². The zero-order chi connectivity index (χ0) is 13.4. The van der Waals surface area contributed by atoms with Gasteiger partial charge in [0.2, 0.25) is 0 Å². The van der Waals surface area contributed by atoms with Crippen LogP contribution >= 0.6 is 0 Å². The average molecular weight is 260 g/mol. The third-order valence-electron chi connectivity index (χ3n) is 4.95. The van der Waals surface area contributed by atoms with Crippen molar-refractivity contribution >= 4 is 0 Å². The Morgan fingerprint density at radius 3 is 2.84 bits per heavy atom. The van der Waals surface area contributed by atoms with Crippen molar-refractivity contribution in [1.29, 1.82) is 0 Å². The Balaban J connectivity index is 1.72. The second-order valence-electron chi connectivity index (χ2n) is 6.16. The van der Waals surface area contributed by atoms with Crippen LogP contribution in [0.3, 0.4) is 0 Å². The first-order chi connectivity index (χ1) is 9.15. The van der Waals surface area contributed by atoms with Gasteiger partial charge in [0.25, 0.3) is 0 Å². The number of hydrogen-bond acceptors (Lipinski definition) is 3. The maximum Gasteiger partial charge on any atom is 0.122 e. The number of aromatic hydroxyl groups is 1. The van der Waals surface area contributed by atoms with Crippen LogP contribution in [-0.2, 0) is 6.54 Å². The summed E-state index contributed by atoms with van der Waals surface area (Å²) in [4.78, 5) is 5.07. The van der Waals surface area contributed by atoms with Gasteiger partial charge in [0, 0.05) is 37.3 Å². The molecule has 2 aliphatic heterocycles. The van der Waals surface area contributed by atoms with E-state index in [1.54, 1.807) is 0 Å². The van der Waals surface area contributed by atoms with Gasteiger partial charge in [0.15, 0.2) is 0 Å². The van der Waals surface area contributed by atoms with Crippen molar-refractivity contribution in [3.05, 3.63) is 29.3 Å². The maximum atomic E-state index is 10.1. The zero-order valence-corrected chi connectivity index (χ0v) is 12.0. The summed E-state index contributed by atoms with van der Waals surface area (Å²) in [7, 11) is 2.27. The minimum atomic E-state index is 0.477. The summed E-state index contributed by atoms with van der Waals surface area (Å²) < 4.78 is 0. The van der Waals surface area contributed by atoms with Crippen LogP contribution in [-0.4, -0.2) is 47.1 Å². The number of likely N-dealkylation sites (N-methyl/N-ethyl adjacent to an activating group) is 1. The van der Waals surface area contributed by atoms with Crippen molar-refractivity contribution < 1.29 is 5.11 Å². The third kappa shape index (κ3) is 2.49. The van der Waals surface area contributed by atoms with Crippen molar-refractivity contribution in [2.45, 2.75) is 44.8 Å². The molecule has 104 valence electrons. The molecule has 19 heavy (non-hydrogen) atoms. The molecule has 0 radical (unpaired) electrons. The van der Waals surface area contributed by atoms with Crippen molar-refractivity contribution in [1.82, 2.24) is 9.80 Å². The van der Waals surface area contributed by atoms with Gasteiger partial charge >= 0.3 is 0 Å². The van der Waals surface area contributed by atoms with Crippen LogP contribution in [0.2, 0.25) is 0 Å². The Morgan fingerprint density at radius 2 is 2.00 bits per heavy atom. The Morgan fingerprint density at radius 1 is 1.21 bits per heavy atom. The molecule has 2 aliphatic rings. The molecule has 0 aliphatic carbocycles. The largest absolute Gasteiger partial charge is 0.507 e. The predicted molar refractivity (Wildman–Crippen MR) is 77.3 cm³/mol. The molecule has 3 rings (SSSR count). The molecule has 2 heterocycles. The van der Waals surface area contributed by atoms with Gasteiger partial charge in [-0.3, -0.25) is 9.80 Å². The smallest absolute Gasteiger partial charge is 0.122 e. The Kier molecular flexibility index (Phi) is 3.50. The first-order valence-corrected chi connectivity index (χ1v) is 7.37. The van der Waals surface area contributed by atoms with Gasteiger partial charge in [0.05, 0.1) is 0 Å². The molecule has 1 aromatic rings. The second kappa shape index (κ2) is 5.14. The lowest BCUT2D eigenvalue weighted by molar-refractivity contribution is 0.213.